The largest absolute Gasteiger partial charge is 0.428 e. The van der Waals surface area contributed by atoms with Gasteiger partial charge in [0.25, 0.3) is 15.1 Å². The van der Waals surface area contributed by atoms with Gasteiger partial charge in [-0.05, 0) is 19.3 Å². The van der Waals surface area contributed by atoms with E-state index in [1.165, 1.54) is 6.20 Å². The summed E-state index contributed by atoms with van der Waals surface area (Å²) >= 11 is 0. The molecular formula is C10H12N2O4S. The standard InChI is InChI=1S/C10H12N2O4S/c13-8-4-3-7(8)12-17(14,15)9-5-11-10(16-9)6-1-2-6/h5-7,12H,1-4H2. The number of carbonyl (C=O) groups is 1. The van der Waals surface area contributed by atoms with Gasteiger partial charge < -0.3 is 4.42 Å². The van der Waals surface area contributed by atoms with Gasteiger partial charge in [-0.3, -0.25) is 4.79 Å². The van der Waals surface area contributed by atoms with E-state index in [0.29, 0.717) is 18.7 Å². The highest BCUT2D eigenvalue weighted by Gasteiger charge is 2.35. The van der Waals surface area contributed by atoms with Crippen molar-refractivity contribution >= 4 is 15.8 Å². The number of sulfonamides is 1. The first-order chi connectivity index (χ1) is 8.06. The molecule has 6 nitrogen and oxygen atoms in total. The molecule has 1 aromatic heterocycles. The first-order valence-electron chi connectivity index (χ1n) is 5.57. The number of ketones is 1. The zero-order chi connectivity index (χ0) is 12.0. The number of hydrogen-bond donors (Lipinski definition) is 1. The molecule has 3 rings (SSSR count). The van der Waals surface area contributed by atoms with E-state index in [9.17, 15) is 13.2 Å². The molecule has 92 valence electrons. The third-order valence-corrected chi connectivity index (χ3v) is 4.37. The van der Waals surface area contributed by atoms with Crippen molar-refractivity contribution in [2.75, 3.05) is 0 Å². The van der Waals surface area contributed by atoms with Crippen molar-refractivity contribution in [1.82, 2.24) is 9.71 Å². The van der Waals surface area contributed by atoms with Crippen LogP contribution in [0, 0.1) is 0 Å². The Hall–Kier alpha value is -1.21. The Morgan fingerprint density at radius 3 is 2.65 bits per heavy atom. The summed E-state index contributed by atoms with van der Waals surface area (Å²) in [6, 6.07) is -0.588. The lowest BCUT2D eigenvalue weighted by molar-refractivity contribution is -0.125. The fraction of sp³-hybridized carbons (Fsp3) is 0.600. The molecule has 1 aromatic rings. The maximum atomic E-state index is 11.8. The van der Waals surface area contributed by atoms with Gasteiger partial charge >= 0.3 is 0 Å². The summed E-state index contributed by atoms with van der Waals surface area (Å²) in [5, 5.41) is -0.195. The maximum absolute atomic E-state index is 11.8. The zero-order valence-electron chi connectivity index (χ0n) is 9.05. The predicted octanol–water partition coefficient (Wildman–Crippen LogP) is 0.562. The van der Waals surface area contributed by atoms with Crippen LogP contribution >= 0.6 is 0 Å². The molecular weight excluding hydrogens is 244 g/mol. The van der Waals surface area contributed by atoms with Crippen molar-refractivity contribution in [1.29, 1.82) is 0 Å². The van der Waals surface area contributed by atoms with Gasteiger partial charge in [0.05, 0.1) is 12.2 Å². The van der Waals surface area contributed by atoms with Gasteiger partial charge in [-0.1, -0.05) is 0 Å². The average Bonchev–Trinajstić information content (AvgIpc) is 3.01. The van der Waals surface area contributed by atoms with Crippen LogP contribution in [0.3, 0.4) is 0 Å². The molecule has 0 aliphatic heterocycles. The van der Waals surface area contributed by atoms with Crippen LogP contribution in [0.5, 0.6) is 0 Å². The second-order valence-corrected chi connectivity index (χ2v) is 6.12. The van der Waals surface area contributed by atoms with E-state index in [1.54, 1.807) is 0 Å². The molecule has 0 spiro atoms. The predicted molar refractivity (Wildman–Crippen MR) is 56.8 cm³/mol. The highest BCUT2D eigenvalue weighted by atomic mass is 32.2. The Morgan fingerprint density at radius 2 is 2.12 bits per heavy atom. The van der Waals surface area contributed by atoms with Crippen LogP contribution in [0.1, 0.15) is 37.5 Å². The first-order valence-corrected chi connectivity index (χ1v) is 7.05. The molecule has 2 fully saturated rings. The fourth-order valence-corrected chi connectivity index (χ4v) is 2.82. The van der Waals surface area contributed by atoms with Crippen LogP contribution in [0.25, 0.3) is 0 Å². The molecule has 7 heteroatoms. The molecule has 1 atom stereocenters. The van der Waals surface area contributed by atoms with Crippen LogP contribution in [-0.2, 0) is 14.8 Å². The number of aromatic nitrogens is 1. The van der Waals surface area contributed by atoms with Gasteiger partial charge in [-0.2, -0.15) is 4.72 Å². The summed E-state index contributed by atoms with van der Waals surface area (Å²) in [4.78, 5) is 15.0. The third-order valence-electron chi connectivity index (χ3n) is 3.06. The molecule has 0 saturated heterocycles. The molecule has 1 heterocycles. The van der Waals surface area contributed by atoms with Crippen molar-refractivity contribution in [2.45, 2.75) is 42.7 Å². The van der Waals surface area contributed by atoms with Crippen LogP contribution in [0.2, 0.25) is 0 Å². The van der Waals surface area contributed by atoms with Crippen LogP contribution < -0.4 is 4.72 Å². The van der Waals surface area contributed by atoms with Crippen LogP contribution in [-0.4, -0.2) is 25.2 Å². The van der Waals surface area contributed by atoms with Gasteiger partial charge in [-0.25, -0.2) is 13.4 Å². The molecule has 2 aliphatic rings. The maximum Gasteiger partial charge on any atom is 0.276 e. The third kappa shape index (κ3) is 2.00. The lowest BCUT2D eigenvalue weighted by Gasteiger charge is -2.23. The number of rotatable bonds is 4. The number of oxazole rings is 1. The minimum atomic E-state index is -3.74. The lowest BCUT2D eigenvalue weighted by atomic mass is 9.92. The Balaban J connectivity index is 1.78. The summed E-state index contributed by atoms with van der Waals surface area (Å²) in [7, 11) is -3.74. The molecule has 1 unspecified atom stereocenters. The van der Waals surface area contributed by atoms with Crippen molar-refractivity contribution in [3.05, 3.63) is 12.1 Å². The second-order valence-electron chi connectivity index (χ2n) is 4.47. The minimum Gasteiger partial charge on any atom is -0.428 e. The fourth-order valence-electron chi connectivity index (χ4n) is 1.69. The van der Waals surface area contributed by atoms with Crippen molar-refractivity contribution < 1.29 is 17.6 Å². The van der Waals surface area contributed by atoms with E-state index in [1.807, 2.05) is 0 Å². The number of Topliss-reactive ketones (excluding diaryl/α,β-unsaturated/α-hetero) is 1. The number of nitrogens with one attached hydrogen (secondary N) is 1. The molecule has 0 radical (unpaired) electrons. The summed E-state index contributed by atoms with van der Waals surface area (Å²) in [5.41, 5.74) is 0. The topological polar surface area (TPSA) is 89.3 Å². The van der Waals surface area contributed by atoms with Gasteiger partial charge in [-0.15, -0.1) is 0 Å². The van der Waals surface area contributed by atoms with Crippen molar-refractivity contribution in [3.8, 4) is 0 Å². The Labute approximate surface area is 98.5 Å². The van der Waals surface area contributed by atoms with E-state index in [-0.39, 0.29) is 16.8 Å². The molecule has 0 amide bonds. The highest BCUT2D eigenvalue weighted by molar-refractivity contribution is 7.89. The van der Waals surface area contributed by atoms with Gasteiger partial charge in [0, 0.05) is 12.3 Å². The molecule has 1 N–H and O–H groups in total. The van der Waals surface area contributed by atoms with Crippen LogP contribution in [0.4, 0.5) is 0 Å². The van der Waals surface area contributed by atoms with Crippen molar-refractivity contribution in [2.24, 2.45) is 0 Å². The van der Waals surface area contributed by atoms with E-state index < -0.39 is 16.1 Å². The second kappa shape index (κ2) is 3.64. The summed E-state index contributed by atoms with van der Waals surface area (Å²) in [5.74, 6) is 0.671. The molecule has 2 saturated carbocycles. The van der Waals surface area contributed by atoms with E-state index in [0.717, 1.165) is 12.8 Å². The van der Waals surface area contributed by atoms with Crippen LogP contribution in [0.15, 0.2) is 15.7 Å². The van der Waals surface area contributed by atoms with Gasteiger partial charge in [0.2, 0.25) is 0 Å². The summed E-state index contributed by atoms with van der Waals surface area (Å²) < 4.78 is 31.2. The normalized spacial score (nSPS) is 24.7. The molecule has 17 heavy (non-hydrogen) atoms. The molecule has 0 bridgehead atoms. The highest BCUT2D eigenvalue weighted by Crippen LogP contribution is 2.39. The minimum absolute atomic E-state index is 0.0736. The monoisotopic (exact) mass is 256 g/mol. The summed E-state index contributed by atoms with van der Waals surface area (Å²) in [6.45, 7) is 0. The molecule has 2 aliphatic carbocycles. The van der Waals surface area contributed by atoms with Crippen molar-refractivity contribution in [3.63, 3.8) is 0 Å². The number of carbonyl (C=O) groups excluding carboxylic acids is 1. The Kier molecular flexibility index (Phi) is 2.34. The van der Waals surface area contributed by atoms with E-state index in [2.05, 4.69) is 9.71 Å². The molecule has 0 aromatic carbocycles. The van der Waals surface area contributed by atoms with E-state index >= 15 is 0 Å². The Morgan fingerprint density at radius 1 is 1.35 bits per heavy atom. The smallest absolute Gasteiger partial charge is 0.276 e. The first kappa shape index (κ1) is 10.9. The van der Waals surface area contributed by atoms with E-state index in [4.69, 9.17) is 4.42 Å². The SMILES string of the molecule is O=C1CCC1NS(=O)(=O)c1cnc(C2CC2)o1. The average molecular weight is 256 g/mol. The van der Waals surface area contributed by atoms with Gasteiger partial charge in [0.15, 0.2) is 11.7 Å². The number of nitrogens with zero attached hydrogens (tertiary/aromatic N) is 1. The lowest BCUT2D eigenvalue weighted by Crippen LogP contribution is -2.47. The Bertz CT molecular complexity index is 559. The number of hydrogen-bond acceptors (Lipinski definition) is 5. The quantitative estimate of drug-likeness (QED) is 0.850. The zero-order valence-corrected chi connectivity index (χ0v) is 9.87. The van der Waals surface area contributed by atoms with Gasteiger partial charge in [0.1, 0.15) is 0 Å². The summed E-state index contributed by atoms with van der Waals surface area (Å²) in [6.07, 6.45) is 4.20.